The Morgan fingerprint density at radius 3 is 2.48 bits per heavy atom. The van der Waals surface area contributed by atoms with Gasteiger partial charge in [0, 0.05) is 25.6 Å². The lowest BCUT2D eigenvalue weighted by Crippen LogP contribution is -2.39. The van der Waals surface area contributed by atoms with Gasteiger partial charge in [-0.05, 0) is 12.3 Å². The molecule has 2 heterocycles. The summed E-state index contributed by atoms with van der Waals surface area (Å²) in [6, 6.07) is 9.18. The maximum atomic E-state index is 13.0. The van der Waals surface area contributed by atoms with Crippen molar-refractivity contribution >= 4 is 17.1 Å². The van der Waals surface area contributed by atoms with Crippen LogP contribution in [-0.4, -0.2) is 24.7 Å². The zero-order valence-corrected chi connectivity index (χ0v) is 17.2. The Kier molecular flexibility index (Phi) is 6.00. The molecule has 154 valence electrons. The number of carbonyl (C=O) groups is 1. The van der Waals surface area contributed by atoms with Gasteiger partial charge in [-0.1, -0.05) is 51.1 Å². The van der Waals surface area contributed by atoms with Crippen LogP contribution in [0.1, 0.15) is 45.4 Å². The molecular weight excluding hydrogens is 372 g/mol. The summed E-state index contributed by atoms with van der Waals surface area (Å²) in [6.07, 6.45) is 1.53. The number of hydrogen-bond acceptors (Lipinski definition) is 5. The van der Waals surface area contributed by atoms with Crippen molar-refractivity contribution in [1.82, 2.24) is 18.7 Å². The zero-order valence-electron chi connectivity index (χ0n) is 17.2. The van der Waals surface area contributed by atoms with Crippen LogP contribution in [0.25, 0.3) is 11.2 Å². The summed E-state index contributed by atoms with van der Waals surface area (Å²) in [5.74, 6) is -0.179. The van der Waals surface area contributed by atoms with Crippen LogP contribution in [0.3, 0.4) is 0 Å². The number of hydrogen-bond donors (Lipinski definition) is 0. The fourth-order valence-corrected chi connectivity index (χ4v) is 3.27. The molecule has 8 heteroatoms. The number of nitrogens with zero attached hydrogens (tertiary/aromatic N) is 4. The van der Waals surface area contributed by atoms with E-state index in [4.69, 9.17) is 4.74 Å². The van der Waals surface area contributed by atoms with Crippen LogP contribution in [0.5, 0.6) is 0 Å². The van der Waals surface area contributed by atoms with Crippen molar-refractivity contribution < 1.29 is 9.53 Å². The standard InChI is InChI=1S/C21H26N4O4/c1-5-9-16(26)29-20(15-10-7-6-8-11-15)25-13-22-18-17(25)19(27)23(4)21(28)24(18)12-14(2)3/h6-8,10-11,13-14,20H,5,9,12H2,1-4H3. The van der Waals surface area contributed by atoms with Crippen LogP contribution >= 0.6 is 0 Å². The predicted octanol–water partition coefficient (Wildman–Crippen LogP) is 2.44. The Morgan fingerprint density at radius 2 is 1.86 bits per heavy atom. The van der Waals surface area contributed by atoms with Crippen LogP contribution in [-0.2, 0) is 23.1 Å². The monoisotopic (exact) mass is 398 g/mol. The summed E-state index contributed by atoms with van der Waals surface area (Å²) in [7, 11) is 1.44. The van der Waals surface area contributed by atoms with Gasteiger partial charge in [0.15, 0.2) is 11.2 Å². The highest BCUT2D eigenvalue weighted by molar-refractivity contribution is 5.72. The van der Waals surface area contributed by atoms with Crippen molar-refractivity contribution in [3.63, 3.8) is 0 Å². The first-order valence-corrected chi connectivity index (χ1v) is 9.75. The van der Waals surface area contributed by atoms with Crippen LogP contribution in [0.15, 0.2) is 46.2 Å². The van der Waals surface area contributed by atoms with Crippen LogP contribution < -0.4 is 11.2 Å². The Bertz CT molecular complexity index is 1130. The number of rotatable bonds is 7. The minimum atomic E-state index is -0.849. The third kappa shape index (κ3) is 4.01. The normalized spacial score (nSPS) is 12.4. The number of benzene rings is 1. The van der Waals surface area contributed by atoms with E-state index in [0.29, 0.717) is 24.2 Å². The number of ether oxygens (including phenoxy) is 1. The third-order valence-corrected chi connectivity index (χ3v) is 4.64. The minimum Gasteiger partial charge on any atom is -0.437 e. The van der Waals surface area contributed by atoms with Gasteiger partial charge < -0.3 is 4.74 Å². The highest BCUT2D eigenvalue weighted by Gasteiger charge is 2.25. The molecule has 0 amide bonds. The molecule has 1 unspecified atom stereocenters. The van der Waals surface area contributed by atoms with E-state index in [0.717, 1.165) is 4.57 Å². The van der Waals surface area contributed by atoms with Crippen molar-refractivity contribution in [1.29, 1.82) is 0 Å². The van der Waals surface area contributed by atoms with Gasteiger partial charge in [-0.2, -0.15) is 0 Å². The quantitative estimate of drug-likeness (QED) is 0.571. The fourth-order valence-electron chi connectivity index (χ4n) is 3.27. The molecule has 0 aliphatic rings. The van der Waals surface area contributed by atoms with E-state index in [2.05, 4.69) is 4.98 Å². The summed E-state index contributed by atoms with van der Waals surface area (Å²) < 4.78 is 9.82. The van der Waals surface area contributed by atoms with E-state index >= 15 is 0 Å². The molecule has 1 aromatic carbocycles. The SMILES string of the molecule is CCCC(=O)OC(c1ccccc1)n1cnc2c1c(=O)n(C)c(=O)n2CC(C)C. The molecule has 3 rings (SSSR count). The van der Waals surface area contributed by atoms with Crippen LogP contribution in [0, 0.1) is 5.92 Å². The van der Waals surface area contributed by atoms with Crippen molar-refractivity contribution in [3.8, 4) is 0 Å². The zero-order chi connectivity index (χ0) is 21.1. The van der Waals surface area contributed by atoms with Crippen LogP contribution in [0.2, 0.25) is 0 Å². The number of esters is 1. The van der Waals surface area contributed by atoms with Gasteiger partial charge in [0.25, 0.3) is 5.56 Å². The van der Waals surface area contributed by atoms with Gasteiger partial charge >= 0.3 is 11.7 Å². The minimum absolute atomic E-state index is 0.186. The Labute approximate surface area is 168 Å². The van der Waals surface area contributed by atoms with E-state index in [1.54, 1.807) is 0 Å². The highest BCUT2D eigenvalue weighted by atomic mass is 16.6. The largest absolute Gasteiger partial charge is 0.437 e. The van der Waals surface area contributed by atoms with Crippen molar-refractivity contribution in [3.05, 3.63) is 63.1 Å². The molecule has 2 aromatic heterocycles. The number of carbonyl (C=O) groups excluding carboxylic acids is 1. The van der Waals surface area contributed by atoms with Crippen molar-refractivity contribution in [2.75, 3.05) is 0 Å². The molecule has 29 heavy (non-hydrogen) atoms. The van der Waals surface area contributed by atoms with Gasteiger partial charge in [-0.25, -0.2) is 9.78 Å². The lowest BCUT2D eigenvalue weighted by molar-refractivity contribution is -0.150. The molecule has 0 bridgehead atoms. The van der Waals surface area contributed by atoms with E-state index in [1.165, 1.54) is 22.5 Å². The van der Waals surface area contributed by atoms with Crippen molar-refractivity contribution in [2.24, 2.45) is 13.0 Å². The van der Waals surface area contributed by atoms with Gasteiger partial charge in [-0.15, -0.1) is 0 Å². The summed E-state index contributed by atoms with van der Waals surface area (Å²) >= 11 is 0. The first kappa shape index (κ1) is 20.6. The Balaban J connectivity index is 2.25. The molecule has 0 N–H and O–H groups in total. The molecule has 8 nitrogen and oxygen atoms in total. The maximum absolute atomic E-state index is 13.0. The summed E-state index contributed by atoms with van der Waals surface area (Å²) in [6.45, 7) is 6.29. The van der Waals surface area contributed by atoms with Gasteiger partial charge in [0.2, 0.25) is 6.23 Å². The van der Waals surface area contributed by atoms with E-state index in [9.17, 15) is 14.4 Å². The summed E-state index contributed by atoms with van der Waals surface area (Å²) in [5.41, 5.74) is 0.334. The molecule has 0 saturated heterocycles. The van der Waals surface area contributed by atoms with Gasteiger partial charge in [-0.3, -0.25) is 23.3 Å². The Hall–Kier alpha value is -3.16. The summed E-state index contributed by atoms with van der Waals surface area (Å²) in [4.78, 5) is 42.2. The maximum Gasteiger partial charge on any atom is 0.332 e. The second kappa shape index (κ2) is 8.46. The predicted molar refractivity (Wildman–Crippen MR) is 110 cm³/mol. The summed E-state index contributed by atoms with van der Waals surface area (Å²) in [5, 5.41) is 0. The smallest absolute Gasteiger partial charge is 0.332 e. The number of aromatic nitrogens is 4. The molecule has 0 fully saturated rings. The molecule has 0 spiro atoms. The topological polar surface area (TPSA) is 88.1 Å². The molecule has 0 saturated carbocycles. The number of imidazole rings is 1. The van der Waals surface area contributed by atoms with Crippen molar-refractivity contribution in [2.45, 2.75) is 46.4 Å². The van der Waals surface area contributed by atoms with E-state index in [-0.39, 0.29) is 23.8 Å². The van der Waals surface area contributed by atoms with Crippen LogP contribution in [0.4, 0.5) is 0 Å². The average molecular weight is 398 g/mol. The third-order valence-electron chi connectivity index (χ3n) is 4.64. The molecular formula is C21H26N4O4. The molecule has 0 aliphatic heterocycles. The average Bonchev–Trinajstić information content (AvgIpc) is 3.13. The molecule has 1 atom stereocenters. The lowest BCUT2D eigenvalue weighted by atomic mass is 10.2. The lowest BCUT2D eigenvalue weighted by Gasteiger charge is -2.20. The fraction of sp³-hybridized carbons (Fsp3) is 0.429. The van der Waals surface area contributed by atoms with Gasteiger partial charge in [0.1, 0.15) is 6.33 Å². The van der Waals surface area contributed by atoms with Gasteiger partial charge in [0.05, 0.1) is 0 Å². The van der Waals surface area contributed by atoms with E-state index < -0.39 is 17.5 Å². The first-order valence-electron chi connectivity index (χ1n) is 9.75. The second-order valence-electron chi connectivity index (χ2n) is 7.48. The molecule has 0 aliphatic carbocycles. The molecule has 3 aromatic rings. The molecule has 0 radical (unpaired) electrons. The Morgan fingerprint density at radius 1 is 1.17 bits per heavy atom. The second-order valence-corrected chi connectivity index (χ2v) is 7.48. The number of fused-ring (bicyclic) bond motifs is 1. The highest BCUT2D eigenvalue weighted by Crippen LogP contribution is 2.24. The van der Waals surface area contributed by atoms with E-state index in [1.807, 2.05) is 51.1 Å². The first-order chi connectivity index (χ1) is 13.8.